The molecule has 0 radical (unpaired) electrons. The van der Waals surface area contributed by atoms with Crippen molar-refractivity contribution in [1.82, 2.24) is 0 Å². The highest BCUT2D eigenvalue weighted by molar-refractivity contribution is 5.95. The number of esters is 1. The second kappa shape index (κ2) is 5.88. The summed E-state index contributed by atoms with van der Waals surface area (Å²) in [4.78, 5) is 23.6. The maximum Gasteiger partial charge on any atom is 0.350 e. The summed E-state index contributed by atoms with van der Waals surface area (Å²) in [5.74, 6) is 0.113. The van der Waals surface area contributed by atoms with Crippen LogP contribution in [0.5, 0.6) is 5.75 Å². The third-order valence-electron chi connectivity index (χ3n) is 2.84. The molecule has 0 fully saturated rings. The predicted molar refractivity (Wildman–Crippen MR) is 81.7 cm³/mol. The molecule has 4 nitrogen and oxygen atoms in total. The van der Waals surface area contributed by atoms with Crippen molar-refractivity contribution >= 4 is 11.8 Å². The van der Waals surface area contributed by atoms with Crippen molar-refractivity contribution < 1.29 is 19.1 Å². The largest absolute Gasteiger partial charge is 0.476 e. The number of aryl methyl sites for hydroxylation is 1. The second-order valence-electron chi connectivity index (χ2n) is 6.65. The lowest BCUT2D eigenvalue weighted by atomic mass is 10.0. The standard InChI is InChI=1S/C17H24O4/c1-11-10-13(8-9-14(11)12(2)18)20-17(6,7)15(19)21-16(3,4)5/h8-10H,1-7H3. The Morgan fingerprint density at radius 3 is 2.05 bits per heavy atom. The van der Waals surface area contributed by atoms with E-state index in [1.807, 2.05) is 27.7 Å². The van der Waals surface area contributed by atoms with Crippen molar-refractivity contribution in [3.63, 3.8) is 0 Å². The van der Waals surface area contributed by atoms with Gasteiger partial charge in [-0.2, -0.15) is 0 Å². The van der Waals surface area contributed by atoms with E-state index >= 15 is 0 Å². The van der Waals surface area contributed by atoms with E-state index in [0.717, 1.165) is 5.56 Å². The molecule has 0 spiro atoms. The van der Waals surface area contributed by atoms with E-state index in [9.17, 15) is 9.59 Å². The molecule has 0 amide bonds. The van der Waals surface area contributed by atoms with Crippen LogP contribution in [0.15, 0.2) is 18.2 Å². The first-order valence-electron chi connectivity index (χ1n) is 6.96. The summed E-state index contributed by atoms with van der Waals surface area (Å²) in [5, 5.41) is 0. The van der Waals surface area contributed by atoms with Gasteiger partial charge in [0, 0.05) is 5.56 Å². The number of hydrogen-bond acceptors (Lipinski definition) is 4. The highest BCUT2D eigenvalue weighted by Crippen LogP contribution is 2.24. The van der Waals surface area contributed by atoms with Gasteiger partial charge in [0.25, 0.3) is 0 Å². The zero-order valence-corrected chi connectivity index (χ0v) is 13.9. The fourth-order valence-corrected chi connectivity index (χ4v) is 1.83. The van der Waals surface area contributed by atoms with Gasteiger partial charge in [-0.05, 0) is 72.2 Å². The van der Waals surface area contributed by atoms with Crippen LogP contribution < -0.4 is 4.74 Å². The van der Waals surface area contributed by atoms with E-state index in [0.29, 0.717) is 11.3 Å². The molecule has 0 aliphatic heterocycles. The van der Waals surface area contributed by atoms with Crippen LogP contribution in [0.3, 0.4) is 0 Å². The number of ether oxygens (including phenoxy) is 2. The maximum atomic E-state index is 12.1. The highest BCUT2D eigenvalue weighted by Gasteiger charge is 2.34. The van der Waals surface area contributed by atoms with Gasteiger partial charge < -0.3 is 9.47 Å². The van der Waals surface area contributed by atoms with Crippen LogP contribution in [-0.4, -0.2) is 23.0 Å². The van der Waals surface area contributed by atoms with Gasteiger partial charge in [-0.15, -0.1) is 0 Å². The molecule has 21 heavy (non-hydrogen) atoms. The fourth-order valence-electron chi connectivity index (χ4n) is 1.83. The number of ketones is 1. The van der Waals surface area contributed by atoms with Crippen molar-refractivity contribution in [1.29, 1.82) is 0 Å². The molecular weight excluding hydrogens is 268 g/mol. The molecule has 0 saturated heterocycles. The second-order valence-corrected chi connectivity index (χ2v) is 6.65. The SMILES string of the molecule is CC(=O)c1ccc(OC(C)(C)C(=O)OC(C)(C)C)cc1C. The van der Waals surface area contributed by atoms with E-state index in [2.05, 4.69) is 0 Å². The minimum Gasteiger partial charge on any atom is -0.476 e. The Hall–Kier alpha value is -1.84. The van der Waals surface area contributed by atoms with Crippen molar-refractivity contribution in [2.45, 2.75) is 59.7 Å². The Bertz CT molecular complexity index is 550. The molecule has 0 heterocycles. The number of benzene rings is 1. The minimum absolute atomic E-state index is 0.00505. The van der Waals surface area contributed by atoms with Gasteiger partial charge in [0.1, 0.15) is 11.4 Å². The Morgan fingerprint density at radius 2 is 1.62 bits per heavy atom. The Kier molecular flexibility index (Phi) is 4.82. The summed E-state index contributed by atoms with van der Waals surface area (Å²) in [6.45, 7) is 12.1. The van der Waals surface area contributed by atoms with E-state index < -0.39 is 17.2 Å². The van der Waals surface area contributed by atoms with E-state index in [1.54, 1.807) is 32.0 Å². The number of carbonyl (C=O) groups excluding carboxylic acids is 2. The van der Waals surface area contributed by atoms with Crippen LogP contribution in [0, 0.1) is 6.92 Å². The molecule has 0 bridgehead atoms. The summed E-state index contributed by atoms with van der Waals surface area (Å²) >= 11 is 0. The lowest BCUT2D eigenvalue weighted by Crippen LogP contribution is -2.43. The Morgan fingerprint density at radius 1 is 1.05 bits per heavy atom. The summed E-state index contributed by atoms with van der Waals surface area (Å²) < 4.78 is 11.1. The summed E-state index contributed by atoms with van der Waals surface area (Å²) in [7, 11) is 0. The third-order valence-corrected chi connectivity index (χ3v) is 2.84. The molecule has 0 unspecified atom stereocenters. The van der Waals surface area contributed by atoms with Crippen molar-refractivity contribution in [3.8, 4) is 5.75 Å². The molecule has 0 atom stereocenters. The summed E-state index contributed by atoms with van der Waals surface area (Å²) in [5.41, 5.74) is -0.193. The lowest BCUT2D eigenvalue weighted by Gasteiger charge is -2.29. The molecule has 116 valence electrons. The molecule has 0 aliphatic rings. The van der Waals surface area contributed by atoms with E-state index in [4.69, 9.17) is 9.47 Å². The highest BCUT2D eigenvalue weighted by atomic mass is 16.6. The zero-order chi connectivity index (χ0) is 16.4. The molecule has 4 heteroatoms. The fraction of sp³-hybridized carbons (Fsp3) is 0.529. The molecule has 0 saturated carbocycles. The van der Waals surface area contributed by atoms with Crippen molar-refractivity contribution in [2.75, 3.05) is 0 Å². The first kappa shape index (κ1) is 17.2. The monoisotopic (exact) mass is 292 g/mol. The third kappa shape index (κ3) is 4.88. The zero-order valence-electron chi connectivity index (χ0n) is 13.9. The van der Waals surface area contributed by atoms with Crippen LogP contribution in [0.1, 0.15) is 57.5 Å². The van der Waals surface area contributed by atoms with Crippen LogP contribution in [0.2, 0.25) is 0 Å². The number of hydrogen-bond donors (Lipinski definition) is 0. The van der Waals surface area contributed by atoms with Crippen molar-refractivity contribution in [3.05, 3.63) is 29.3 Å². The minimum atomic E-state index is -1.10. The molecule has 0 N–H and O–H groups in total. The Balaban J connectivity index is 2.91. The average molecular weight is 292 g/mol. The molecule has 1 aromatic rings. The quantitative estimate of drug-likeness (QED) is 0.627. The van der Waals surface area contributed by atoms with Gasteiger partial charge in [-0.1, -0.05) is 0 Å². The maximum absolute atomic E-state index is 12.1. The Labute approximate surface area is 126 Å². The van der Waals surface area contributed by atoms with Gasteiger partial charge in [0.2, 0.25) is 0 Å². The van der Waals surface area contributed by atoms with Crippen LogP contribution in [0.4, 0.5) is 0 Å². The van der Waals surface area contributed by atoms with Crippen LogP contribution in [-0.2, 0) is 9.53 Å². The summed E-state index contributed by atoms with van der Waals surface area (Å²) in [6.07, 6.45) is 0. The predicted octanol–water partition coefficient (Wildman–Crippen LogP) is 3.70. The lowest BCUT2D eigenvalue weighted by molar-refractivity contribution is -0.170. The summed E-state index contributed by atoms with van der Waals surface area (Å²) in [6, 6.07) is 5.15. The normalized spacial score (nSPS) is 12.0. The topological polar surface area (TPSA) is 52.6 Å². The van der Waals surface area contributed by atoms with Gasteiger partial charge in [0.05, 0.1) is 0 Å². The van der Waals surface area contributed by atoms with Gasteiger partial charge in [0.15, 0.2) is 11.4 Å². The first-order valence-corrected chi connectivity index (χ1v) is 6.96. The molecule has 1 aromatic carbocycles. The average Bonchev–Trinajstić information content (AvgIpc) is 2.25. The first-order chi connectivity index (χ1) is 9.42. The molecule has 0 aliphatic carbocycles. The molecule has 1 rings (SSSR count). The number of rotatable bonds is 4. The molecular formula is C17H24O4. The van der Waals surface area contributed by atoms with Crippen molar-refractivity contribution in [2.24, 2.45) is 0 Å². The smallest absolute Gasteiger partial charge is 0.350 e. The molecule has 0 aromatic heterocycles. The van der Waals surface area contributed by atoms with E-state index in [1.165, 1.54) is 6.92 Å². The van der Waals surface area contributed by atoms with E-state index in [-0.39, 0.29) is 5.78 Å². The van der Waals surface area contributed by atoms with Crippen LogP contribution in [0.25, 0.3) is 0 Å². The van der Waals surface area contributed by atoms with Gasteiger partial charge in [-0.25, -0.2) is 4.79 Å². The number of Topliss-reactive ketones (excluding diaryl/α,β-unsaturated/α-hetero) is 1. The number of carbonyl (C=O) groups is 2. The van der Waals surface area contributed by atoms with Crippen LogP contribution >= 0.6 is 0 Å². The van der Waals surface area contributed by atoms with Gasteiger partial charge in [-0.3, -0.25) is 4.79 Å². The van der Waals surface area contributed by atoms with Gasteiger partial charge >= 0.3 is 5.97 Å².